The number of fused-ring (bicyclic) bond motifs is 3. The van der Waals surface area contributed by atoms with Crippen molar-refractivity contribution in [3.63, 3.8) is 0 Å². The van der Waals surface area contributed by atoms with E-state index >= 15 is 0 Å². The van der Waals surface area contributed by atoms with E-state index < -0.39 is 0 Å². The van der Waals surface area contributed by atoms with Gasteiger partial charge in [0.1, 0.15) is 5.82 Å². The van der Waals surface area contributed by atoms with E-state index in [1.807, 2.05) is 36.5 Å². The smallest absolute Gasteiger partial charge is 0.458 e. The molecule has 0 bridgehead atoms. The Hall–Kier alpha value is -3.89. The average molecular weight is 665 g/mol. The van der Waals surface area contributed by atoms with Crippen LogP contribution in [0.4, 0.5) is 0 Å². The van der Waals surface area contributed by atoms with E-state index in [1.54, 1.807) is 24.8 Å². The average Bonchev–Trinajstić information content (AvgIpc) is 3.23. The van der Waals surface area contributed by atoms with Gasteiger partial charge in [0.15, 0.2) is 0 Å². The van der Waals surface area contributed by atoms with E-state index in [-0.39, 0.29) is 21.1 Å². The van der Waals surface area contributed by atoms with Gasteiger partial charge in [0, 0.05) is 29.5 Å². The summed E-state index contributed by atoms with van der Waals surface area (Å²) in [6.07, 6.45) is 8.75. The Morgan fingerprint density at radius 3 is 2.51 bits per heavy atom. The maximum Gasteiger partial charge on any atom is 2.00 e. The second-order valence-electron chi connectivity index (χ2n) is 9.03. The molecule has 0 amide bonds. The van der Waals surface area contributed by atoms with Crippen molar-refractivity contribution in [2.24, 2.45) is 0 Å². The number of hydrogen-bond acceptors (Lipinski definition) is 5. The number of pyridine rings is 4. The van der Waals surface area contributed by atoms with Crippen LogP contribution < -0.4 is 4.74 Å². The van der Waals surface area contributed by atoms with Crippen LogP contribution in [0, 0.1) is 19.1 Å². The first-order valence-corrected chi connectivity index (χ1v) is 11.8. The Balaban J connectivity index is 0.00000280. The minimum absolute atomic E-state index is 0. The summed E-state index contributed by atoms with van der Waals surface area (Å²) in [5.41, 5.74) is 6.53. The molecule has 0 atom stereocenters. The first-order chi connectivity index (χ1) is 17.6. The van der Waals surface area contributed by atoms with E-state index in [0.717, 1.165) is 50.0 Å². The van der Waals surface area contributed by atoms with Crippen LogP contribution in [0.3, 0.4) is 0 Å². The molecule has 0 fully saturated rings. The Bertz CT molecular complexity index is 1730. The van der Waals surface area contributed by atoms with Gasteiger partial charge in [0.2, 0.25) is 5.88 Å². The Morgan fingerprint density at radius 1 is 0.865 bits per heavy atom. The van der Waals surface area contributed by atoms with Crippen molar-refractivity contribution < 1.29 is 25.8 Å². The first kappa shape index (κ1) is 24.8. The van der Waals surface area contributed by atoms with Crippen LogP contribution in [-0.2, 0) is 21.1 Å². The predicted octanol–water partition coefficient (Wildman–Crippen LogP) is 6.85. The van der Waals surface area contributed by atoms with Crippen molar-refractivity contribution in [3.8, 4) is 28.6 Å². The summed E-state index contributed by atoms with van der Waals surface area (Å²) in [7, 11) is 0. The molecule has 0 spiro atoms. The van der Waals surface area contributed by atoms with Crippen molar-refractivity contribution >= 4 is 21.9 Å². The quantitative estimate of drug-likeness (QED) is 0.189. The van der Waals surface area contributed by atoms with Gasteiger partial charge in [0.05, 0.1) is 5.75 Å². The summed E-state index contributed by atoms with van der Waals surface area (Å²) in [4.78, 5) is 18.2. The van der Waals surface area contributed by atoms with Crippen molar-refractivity contribution in [3.05, 3.63) is 103 Å². The van der Waals surface area contributed by atoms with Crippen LogP contribution in [0.15, 0.2) is 79.5 Å². The first-order valence-electron chi connectivity index (χ1n) is 11.8. The molecule has 0 saturated carbocycles. The number of hydrogen-bond donors (Lipinski definition) is 0. The van der Waals surface area contributed by atoms with Crippen LogP contribution in [0.5, 0.6) is 11.6 Å². The summed E-state index contributed by atoms with van der Waals surface area (Å²) in [6.45, 7) is 6.33. The van der Waals surface area contributed by atoms with Crippen LogP contribution in [0.1, 0.15) is 30.9 Å². The molecule has 0 radical (unpaired) electrons. The molecule has 6 rings (SSSR count). The molecule has 6 aromatic rings. The zero-order chi connectivity index (χ0) is 24.6. The third kappa shape index (κ3) is 4.77. The van der Waals surface area contributed by atoms with Crippen molar-refractivity contribution in [1.29, 1.82) is 0 Å². The van der Waals surface area contributed by atoms with Crippen LogP contribution in [0.25, 0.3) is 38.9 Å². The number of nitrogens with zero attached hydrogens (tertiary/aromatic N) is 5. The Kier molecular flexibility index (Phi) is 6.85. The molecular weight excluding hydrogens is 641 g/mol. The van der Waals surface area contributed by atoms with Gasteiger partial charge >= 0.3 is 21.1 Å². The second-order valence-corrected chi connectivity index (χ2v) is 9.03. The van der Waals surface area contributed by atoms with Crippen molar-refractivity contribution in [1.82, 2.24) is 24.5 Å². The minimum Gasteiger partial charge on any atom is -0.458 e. The molecule has 0 unspecified atom stereocenters. The number of para-hydroxylation sites is 1. The summed E-state index contributed by atoms with van der Waals surface area (Å²) in [6, 6.07) is 23.0. The maximum absolute atomic E-state index is 5.99. The van der Waals surface area contributed by atoms with Gasteiger partial charge in [-0.1, -0.05) is 44.4 Å². The number of ether oxygens (including phenoxy) is 1. The van der Waals surface area contributed by atoms with E-state index in [1.165, 1.54) is 0 Å². The third-order valence-electron chi connectivity index (χ3n) is 6.14. The molecular formula is C30H23N5OPt. The number of aryl methyl sites for hydroxylation is 1. The topological polar surface area (TPSA) is 65.7 Å². The Labute approximate surface area is 229 Å². The standard InChI is InChI=1S/C30H23N5O.Pt/c1-19(2)21-9-11-33-29(15-21)36-24-13-22(16-31-18-24)23-14-27-30(34-17-23)25-6-4-5-7-26(25)35(27)28-12-20(3)8-10-32-28;/h4-12,15-19H,1-3H3;/q-2;+2. The fourth-order valence-electron chi connectivity index (χ4n) is 4.29. The number of aromatic nitrogens is 5. The van der Waals surface area contributed by atoms with Gasteiger partial charge in [0.25, 0.3) is 0 Å². The molecule has 5 heterocycles. The van der Waals surface area contributed by atoms with Gasteiger partial charge in [-0.25, -0.2) is 21.1 Å². The summed E-state index contributed by atoms with van der Waals surface area (Å²) >= 11 is 0. The van der Waals surface area contributed by atoms with E-state index in [9.17, 15) is 0 Å². The predicted molar refractivity (Wildman–Crippen MR) is 140 cm³/mol. The SMILES string of the molecule is Cc1ccnc(-n2c3[c-]c(-c4[c-]c(Oc5cc(C(C)C)ccn5)cnc4)cnc3c3ccccc32)c1.[Pt+2]. The zero-order valence-corrected chi connectivity index (χ0v) is 22.8. The molecule has 6 nitrogen and oxygen atoms in total. The van der Waals surface area contributed by atoms with E-state index in [2.05, 4.69) is 70.6 Å². The van der Waals surface area contributed by atoms with Crippen LogP contribution in [0.2, 0.25) is 0 Å². The van der Waals surface area contributed by atoms with Crippen LogP contribution >= 0.6 is 0 Å². The third-order valence-corrected chi connectivity index (χ3v) is 6.14. The fraction of sp³-hybridized carbons (Fsp3) is 0.133. The summed E-state index contributed by atoms with van der Waals surface area (Å²) in [5, 5.41) is 1.05. The largest absolute Gasteiger partial charge is 2.00 e. The number of rotatable bonds is 5. The maximum atomic E-state index is 5.99. The van der Waals surface area contributed by atoms with Gasteiger partial charge in [-0.2, -0.15) is 6.07 Å². The fourth-order valence-corrected chi connectivity index (χ4v) is 4.29. The molecule has 37 heavy (non-hydrogen) atoms. The minimum atomic E-state index is 0. The van der Waals surface area contributed by atoms with Crippen molar-refractivity contribution in [2.75, 3.05) is 0 Å². The Morgan fingerprint density at radius 2 is 1.68 bits per heavy atom. The normalized spacial score (nSPS) is 11.1. The molecule has 1 aromatic carbocycles. The molecule has 5 aromatic heterocycles. The van der Waals surface area contributed by atoms with Gasteiger partial charge in [-0.05, 0) is 65.3 Å². The number of benzene rings is 1. The molecule has 0 aliphatic carbocycles. The monoisotopic (exact) mass is 664 g/mol. The molecule has 0 aliphatic heterocycles. The molecule has 0 saturated heterocycles. The molecule has 184 valence electrons. The van der Waals surface area contributed by atoms with E-state index in [0.29, 0.717) is 17.5 Å². The van der Waals surface area contributed by atoms with Crippen LogP contribution in [-0.4, -0.2) is 24.5 Å². The van der Waals surface area contributed by atoms with Gasteiger partial charge < -0.3 is 19.3 Å². The summed E-state index contributed by atoms with van der Waals surface area (Å²) in [5.74, 6) is 2.20. The van der Waals surface area contributed by atoms with E-state index in [4.69, 9.17) is 9.72 Å². The zero-order valence-electron chi connectivity index (χ0n) is 20.5. The van der Waals surface area contributed by atoms with Gasteiger partial charge in [-0.15, -0.1) is 6.07 Å². The second kappa shape index (κ2) is 10.2. The molecule has 0 aliphatic rings. The van der Waals surface area contributed by atoms with Gasteiger partial charge in [-0.3, -0.25) is 0 Å². The van der Waals surface area contributed by atoms with Crippen molar-refractivity contribution in [2.45, 2.75) is 26.7 Å². The molecule has 0 N–H and O–H groups in total. The summed E-state index contributed by atoms with van der Waals surface area (Å²) < 4.78 is 8.09. The molecule has 7 heteroatoms.